The van der Waals surface area contributed by atoms with Gasteiger partial charge in [0.05, 0.1) is 19.8 Å². The quantitative estimate of drug-likeness (QED) is 0.705. The average molecular weight is 406 g/mol. The van der Waals surface area contributed by atoms with Crippen molar-refractivity contribution >= 4 is 0 Å². The van der Waals surface area contributed by atoms with Crippen LogP contribution in [-0.4, -0.2) is 41.4 Å². The second-order valence-corrected chi connectivity index (χ2v) is 8.14. The number of methoxy groups -OCH3 is 2. The van der Waals surface area contributed by atoms with Gasteiger partial charge in [-0.2, -0.15) is 0 Å². The first kappa shape index (κ1) is 18.9. The molecule has 4 heterocycles. The lowest BCUT2D eigenvalue weighted by atomic mass is 9.84. The Morgan fingerprint density at radius 1 is 1.13 bits per heavy atom. The third-order valence-electron chi connectivity index (χ3n) is 6.23. The van der Waals surface area contributed by atoms with Crippen molar-refractivity contribution in [1.29, 1.82) is 0 Å². The Kier molecular flexibility index (Phi) is 4.83. The fraction of sp³-hybridized carbons (Fsp3) is 0.391. The molecule has 0 saturated carbocycles. The standard InChI is InChI=1S/C23H26N4O3/c1-29-18-8-15(9-19(10-18)30-2)13-26-6-5-25-22(26)20-3-4-21-17-7-16(11-24-12-17)14-27(21)23(20)28/h3-6,8-10,16-17,24H,7,11-14H2,1-2H3/t16-,17+/m0/s1. The van der Waals surface area contributed by atoms with Crippen molar-refractivity contribution in [1.82, 2.24) is 19.4 Å². The molecule has 1 aromatic carbocycles. The molecule has 5 rings (SSSR count). The van der Waals surface area contributed by atoms with E-state index in [0.29, 0.717) is 29.8 Å². The highest BCUT2D eigenvalue weighted by atomic mass is 16.5. The average Bonchev–Trinajstić information content (AvgIpc) is 3.22. The van der Waals surface area contributed by atoms with E-state index in [2.05, 4.69) is 16.4 Å². The number of hydrogen-bond donors (Lipinski definition) is 1. The Morgan fingerprint density at radius 2 is 1.93 bits per heavy atom. The summed E-state index contributed by atoms with van der Waals surface area (Å²) < 4.78 is 14.7. The zero-order chi connectivity index (χ0) is 20.7. The smallest absolute Gasteiger partial charge is 0.261 e. The van der Waals surface area contributed by atoms with Gasteiger partial charge in [0, 0.05) is 49.7 Å². The Bertz CT molecular complexity index is 1110. The molecule has 2 bridgehead atoms. The van der Waals surface area contributed by atoms with Gasteiger partial charge in [0.15, 0.2) is 0 Å². The number of nitrogens with one attached hydrogen (secondary N) is 1. The number of piperidine rings is 1. The Labute approximate surface area is 175 Å². The van der Waals surface area contributed by atoms with E-state index in [0.717, 1.165) is 48.8 Å². The molecular weight excluding hydrogens is 380 g/mol. The van der Waals surface area contributed by atoms with Crippen LogP contribution in [0.3, 0.4) is 0 Å². The van der Waals surface area contributed by atoms with Gasteiger partial charge < -0.3 is 23.9 Å². The minimum absolute atomic E-state index is 0.0553. The van der Waals surface area contributed by atoms with Crippen LogP contribution >= 0.6 is 0 Å². The molecule has 2 aliphatic heterocycles. The summed E-state index contributed by atoms with van der Waals surface area (Å²) in [5, 5.41) is 3.49. The molecule has 1 fully saturated rings. The van der Waals surface area contributed by atoms with E-state index >= 15 is 0 Å². The number of rotatable bonds is 5. The number of nitrogens with zero attached hydrogens (tertiary/aromatic N) is 3. The molecule has 3 aromatic rings. The Morgan fingerprint density at radius 3 is 2.70 bits per heavy atom. The zero-order valence-electron chi connectivity index (χ0n) is 17.3. The van der Waals surface area contributed by atoms with Crippen LogP contribution in [0.15, 0.2) is 47.5 Å². The topological polar surface area (TPSA) is 70.3 Å². The van der Waals surface area contributed by atoms with E-state index in [-0.39, 0.29) is 5.56 Å². The highest BCUT2D eigenvalue weighted by Gasteiger charge is 2.31. The molecule has 7 nitrogen and oxygen atoms in total. The Hall–Kier alpha value is -3.06. The second kappa shape index (κ2) is 7.65. The SMILES string of the molecule is COc1cc(Cn2ccnc2-c2ccc3n(c2=O)C[C@@H]2CNC[C@H]3C2)cc(OC)c1. The van der Waals surface area contributed by atoms with Crippen molar-refractivity contribution in [3.63, 3.8) is 0 Å². The van der Waals surface area contributed by atoms with Crippen LogP contribution in [0.25, 0.3) is 11.4 Å². The summed E-state index contributed by atoms with van der Waals surface area (Å²) >= 11 is 0. The maximum absolute atomic E-state index is 13.4. The number of imidazole rings is 1. The Balaban J connectivity index is 1.52. The highest BCUT2D eigenvalue weighted by Crippen LogP contribution is 2.32. The molecule has 0 unspecified atom stereocenters. The van der Waals surface area contributed by atoms with Gasteiger partial charge in [-0.15, -0.1) is 0 Å². The molecule has 2 aliphatic rings. The summed E-state index contributed by atoms with van der Waals surface area (Å²) in [5.74, 6) is 3.10. The summed E-state index contributed by atoms with van der Waals surface area (Å²) in [6, 6.07) is 9.84. The van der Waals surface area contributed by atoms with Crippen molar-refractivity contribution in [2.75, 3.05) is 27.3 Å². The lowest BCUT2D eigenvalue weighted by molar-refractivity contribution is 0.257. The van der Waals surface area contributed by atoms with Gasteiger partial charge in [0.2, 0.25) is 0 Å². The molecule has 30 heavy (non-hydrogen) atoms. The van der Waals surface area contributed by atoms with Gasteiger partial charge in [0.1, 0.15) is 17.3 Å². The van der Waals surface area contributed by atoms with Crippen LogP contribution in [0.2, 0.25) is 0 Å². The minimum atomic E-state index is 0.0553. The monoisotopic (exact) mass is 406 g/mol. The summed E-state index contributed by atoms with van der Waals surface area (Å²) in [6.45, 7) is 3.28. The largest absolute Gasteiger partial charge is 0.497 e. The van der Waals surface area contributed by atoms with Gasteiger partial charge in [-0.25, -0.2) is 4.98 Å². The van der Waals surface area contributed by atoms with Gasteiger partial charge >= 0.3 is 0 Å². The summed E-state index contributed by atoms with van der Waals surface area (Å²) in [4.78, 5) is 17.9. The van der Waals surface area contributed by atoms with Crippen LogP contribution in [0.1, 0.15) is 23.6 Å². The maximum atomic E-state index is 13.4. The molecular formula is C23H26N4O3. The maximum Gasteiger partial charge on any atom is 0.261 e. The third kappa shape index (κ3) is 3.29. The first-order valence-corrected chi connectivity index (χ1v) is 10.3. The van der Waals surface area contributed by atoms with Gasteiger partial charge in [-0.05, 0) is 48.7 Å². The number of benzene rings is 1. The number of hydrogen-bond acceptors (Lipinski definition) is 5. The molecule has 2 atom stereocenters. The van der Waals surface area contributed by atoms with Crippen molar-refractivity contribution in [3.8, 4) is 22.9 Å². The van der Waals surface area contributed by atoms with Crippen molar-refractivity contribution < 1.29 is 9.47 Å². The van der Waals surface area contributed by atoms with Crippen molar-refractivity contribution in [3.05, 3.63) is 64.3 Å². The minimum Gasteiger partial charge on any atom is -0.497 e. The van der Waals surface area contributed by atoms with Crippen LogP contribution in [0.5, 0.6) is 11.5 Å². The fourth-order valence-corrected chi connectivity index (χ4v) is 4.80. The van der Waals surface area contributed by atoms with Crippen LogP contribution < -0.4 is 20.3 Å². The molecule has 2 aromatic heterocycles. The lowest BCUT2D eigenvalue weighted by Crippen LogP contribution is -2.45. The first-order chi connectivity index (χ1) is 14.7. The highest BCUT2D eigenvalue weighted by molar-refractivity contribution is 5.55. The van der Waals surface area contributed by atoms with E-state index in [1.807, 2.05) is 39.6 Å². The van der Waals surface area contributed by atoms with Gasteiger partial charge in [-0.1, -0.05) is 0 Å². The van der Waals surface area contributed by atoms with E-state index in [9.17, 15) is 4.79 Å². The number of pyridine rings is 1. The fourth-order valence-electron chi connectivity index (χ4n) is 4.80. The lowest BCUT2D eigenvalue weighted by Gasteiger charge is -2.37. The van der Waals surface area contributed by atoms with Crippen LogP contribution in [0.4, 0.5) is 0 Å². The molecule has 7 heteroatoms. The van der Waals surface area contributed by atoms with Gasteiger partial charge in [0.25, 0.3) is 5.56 Å². The zero-order valence-corrected chi connectivity index (χ0v) is 17.3. The summed E-state index contributed by atoms with van der Waals surface area (Å²) in [5.41, 5.74) is 2.86. The predicted octanol–water partition coefficient (Wildman–Crippen LogP) is 2.48. The van der Waals surface area contributed by atoms with Crippen LogP contribution in [-0.2, 0) is 13.1 Å². The first-order valence-electron chi connectivity index (χ1n) is 10.3. The van der Waals surface area contributed by atoms with E-state index < -0.39 is 0 Å². The van der Waals surface area contributed by atoms with E-state index in [4.69, 9.17) is 9.47 Å². The number of aromatic nitrogens is 3. The molecule has 0 aliphatic carbocycles. The van der Waals surface area contributed by atoms with Crippen molar-refractivity contribution in [2.45, 2.75) is 25.4 Å². The second-order valence-electron chi connectivity index (χ2n) is 8.14. The van der Waals surface area contributed by atoms with Gasteiger partial charge in [-0.3, -0.25) is 4.79 Å². The normalized spacial score (nSPS) is 19.9. The molecule has 1 saturated heterocycles. The molecule has 0 spiro atoms. The molecule has 156 valence electrons. The van der Waals surface area contributed by atoms with E-state index in [1.165, 1.54) is 0 Å². The number of fused-ring (bicyclic) bond motifs is 4. The van der Waals surface area contributed by atoms with E-state index in [1.54, 1.807) is 20.4 Å². The predicted molar refractivity (Wildman–Crippen MR) is 114 cm³/mol. The molecule has 1 N–H and O–H groups in total. The summed E-state index contributed by atoms with van der Waals surface area (Å²) in [7, 11) is 3.28. The molecule has 0 radical (unpaired) electrons. The van der Waals surface area contributed by atoms with Crippen molar-refractivity contribution in [2.24, 2.45) is 5.92 Å². The third-order valence-corrected chi connectivity index (χ3v) is 6.23. The van der Waals surface area contributed by atoms with Crippen LogP contribution in [0, 0.1) is 5.92 Å². The number of ether oxygens (including phenoxy) is 2. The summed E-state index contributed by atoms with van der Waals surface area (Å²) in [6.07, 6.45) is 4.82. The molecule has 0 amide bonds.